The first kappa shape index (κ1) is 14.2. The van der Waals surface area contributed by atoms with E-state index in [0.717, 1.165) is 6.42 Å². The number of amides is 2. The summed E-state index contributed by atoms with van der Waals surface area (Å²) in [6.45, 7) is 3.24. The van der Waals surface area contributed by atoms with Gasteiger partial charge in [0.15, 0.2) is 0 Å². The molecular formula is C9H15ClN6O2. The van der Waals surface area contributed by atoms with Crippen LogP contribution < -0.4 is 21.1 Å². The normalized spacial score (nSPS) is 9.89. The molecular weight excluding hydrogens is 260 g/mol. The van der Waals surface area contributed by atoms with Crippen molar-refractivity contribution in [3.05, 3.63) is 5.28 Å². The number of carbonyl (C=O) groups excluding carboxylic acids is 1. The number of nitrogens with two attached hydrogens (primary N) is 1. The molecule has 0 saturated carbocycles. The van der Waals surface area contributed by atoms with Gasteiger partial charge in [-0.3, -0.25) is 0 Å². The SMILES string of the molecule is CCCOc1nc(Cl)nc(NCCNC(N)=O)n1. The van der Waals surface area contributed by atoms with Gasteiger partial charge in [-0.2, -0.15) is 15.0 Å². The van der Waals surface area contributed by atoms with E-state index in [-0.39, 0.29) is 17.2 Å². The number of urea groups is 1. The Morgan fingerprint density at radius 1 is 1.39 bits per heavy atom. The molecule has 0 aromatic carbocycles. The van der Waals surface area contributed by atoms with Crippen molar-refractivity contribution in [3.63, 3.8) is 0 Å². The zero-order valence-electron chi connectivity index (χ0n) is 9.94. The Labute approximate surface area is 109 Å². The first-order valence-electron chi connectivity index (χ1n) is 5.43. The third-order valence-electron chi connectivity index (χ3n) is 1.73. The van der Waals surface area contributed by atoms with E-state index in [0.29, 0.717) is 19.7 Å². The third kappa shape index (κ3) is 5.48. The minimum Gasteiger partial charge on any atom is -0.463 e. The smallest absolute Gasteiger partial charge is 0.322 e. The monoisotopic (exact) mass is 274 g/mol. The second-order valence-corrected chi connectivity index (χ2v) is 3.61. The van der Waals surface area contributed by atoms with Crippen LogP contribution in [0.3, 0.4) is 0 Å². The largest absolute Gasteiger partial charge is 0.463 e. The first-order chi connectivity index (χ1) is 8.61. The highest BCUT2D eigenvalue weighted by Gasteiger charge is 2.05. The molecule has 1 aromatic rings. The number of rotatable bonds is 7. The Kier molecular flexibility index (Phi) is 5.92. The van der Waals surface area contributed by atoms with Crippen molar-refractivity contribution in [3.8, 4) is 6.01 Å². The van der Waals surface area contributed by atoms with Crippen molar-refractivity contribution >= 4 is 23.6 Å². The van der Waals surface area contributed by atoms with Crippen molar-refractivity contribution < 1.29 is 9.53 Å². The molecule has 0 unspecified atom stereocenters. The number of carbonyl (C=O) groups is 1. The van der Waals surface area contributed by atoms with Crippen LogP contribution in [-0.4, -0.2) is 40.7 Å². The number of hydrogen-bond donors (Lipinski definition) is 3. The topological polar surface area (TPSA) is 115 Å². The van der Waals surface area contributed by atoms with E-state index in [1.54, 1.807) is 0 Å². The highest BCUT2D eigenvalue weighted by molar-refractivity contribution is 6.28. The van der Waals surface area contributed by atoms with E-state index in [4.69, 9.17) is 22.1 Å². The van der Waals surface area contributed by atoms with Gasteiger partial charge in [0, 0.05) is 13.1 Å². The lowest BCUT2D eigenvalue weighted by atomic mass is 10.5. The Balaban J connectivity index is 2.48. The zero-order chi connectivity index (χ0) is 13.4. The van der Waals surface area contributed by atoms with Crippen molar-refractivity contribution in [2.45, 2.75) is 13.3 Å². The quantitative estimate of drug-likeness (QED) is 0.620. The maximum atomic E-state index is 10.4. The average molecular weight is 275 g/mol. The number of aromatic nitrogens is 3. The number of anilines is 1. The van der Waals surface area contributed by atoms with Crippen LogP contribution in [0.4, 0.5) is 10.7 Å². The van der Waals surface area contributed by atoms with Crippen LogP contribution in [0.5, 0.6) is 6.01 Å². The van der Waals surface area contributed by atoms with Gasteiger partial charge in [-0.15, -0.1) is 0 Å². The summed E-state index contributed by atoms with van der Waals surface area (Å²) in [6.07, 6.45) is 0.842. The highest BCUT2D eigenvalue weighted by Crippen LogP contribution is 2.11. The number of hydrogen-bond acceptors (Lipinski definition) is 6. The van der Waals surface area contributed by atoms with Crippen molar-refractivity contribution in [1.82, 2.24) is 20.3 Å². The number of nitrogens with one attached hydrogen (secondary N) is 2. The molecule has 0 radical (unpaired) electrons. The summed E-state index contributed by atoms with van der Waals surface area (Å²) in [5, 5.41) is 5.32. The zero-order valence-corrected chi connectivity index (χ0v) is 10.7. The van der Waals surface area contributed by atoms with Gasteiger partial charge < -0.3 is 21.1 Å². The van der Waals surface area contributed by atoms with E-state index in [2.05, 4.69) is 25.6 Å². The molecule has 8 nitrogen and oxygen atoms in total. The third-order valence-corrected chi connectivity index (χ3v) is 1.90. The van der Waals surface area contributed by atoms with Gasteiger partial charge >= 0.3 is 12.0 Å². The molecule has 0 saturated heterocycles. The lowest BCUT2D eigenvalue weighted by Crippen LogP contribution is -2.33. The van der Waals surface area contributed by atoms with E-state index in [9.17, 15) is 4.79 Å². The number of halogens is 1. The Hall–Kier alpha value is -1.83. The molecule has 1 heterocycles. The molecule has 4 N–H and O–H groups in total. The Bertz CT molecular complexity index is 403. The van der Waals surface area contributed by atoms with Crippen molar-refractivity contribution in [1.29, 1.82) is 0 Å². The summed E-state index contributed by atoms with van der Waals surface area (Å²) in [5.74, 6) is 0.285. The molecule has 9 heteroatoms. The van der Waals surface area contributed by atoms with E-state index in [1.165, 1.54) is 0 Å². The minimum absolute atomic E-state index is 0.0430. The molecule has 1 rings (SSSR count). The van der Waals surface area contributed by atoms with E-state index < -0.39 is 6.03 Å². The van der Waals surface area contributed by atoms with Gasteiger partial charge in [0.2, 0.25) is 11.2 Å². The number of ether oxygens (including phenoxy) is 1. The predicted molar refractivity (Wildman–Crippen MR) is 66.7 cm³/mol. The van der Waals surface area contributed by atoms with E-state index in [1.807, 2.05) is 6.92 Å². The van der Waals surface area contributed by atoms with Crippen LogP contribution in [0.2, 0.25) is 5.28 Å². The van der Waals surface area contributed by atoms with Crippen LogP contribution in [0.25, 0.3) is 0 Å². The number of nitrogens with zero attached hydrogens (tertiary/aromatic N) is 3. The number of primary amides is 1. The van der Waals surface area contributed by atoms with Gasteiger partial charge in [-0.05, 0) is 18.0 Å². The van der Waals surface area contributed by atoms with Crippen LogP contribution in [0.1, 0.15) is 13.3 Å². The van der Waals surface area contributed by atoms with Crippen LogP contribution >= 0.6 is 11.6 Å². The minimum atomic E-state index is -0.586. The fraction of sp³-hybridized carbons (Fsp3) is 0.556. The van der Waals surface area contributed by atoms with Gasteiger partial charge in [0.1, 0.15) is 0 Å². The van der Waals surface area contributed by atoms with Gasteiger partial charge in [0.05, 0.1) is 6.61 Å². The lowest BCUT2D eigenvalue weighted by molar-refractivity contribution is 0.249. The Morgan fingerprint density at radius 3 is 2.83 bits per heavy atom. The standard InChI is InChI=1S/C9H15ClN6O2/c1-2-5-18-9-15-6(10)14-8(16-9)13-4-3-12-7(11)17/h2-5H2,1H3,(H3,11,12,17)(H,13,14,15,16). The van der Waals surface area contributed by atoms with Crippen LogP contribution in [-0.2, 0) is 0 Å². The molecule has 0 bridgehead atoms. The molecule has 1 aromatic heterocycles. The summed E-state index contributed by atoms with van der Waals surface area (Å²) < 4.78 is 5.24. The molecule has 2 amide bonds. The molecule has 0 aliphatic heterocycles. The molecule has 100 valence electrons. The van der Waals surface area contributed by atoms with E-state index >= 15 is 0 Å². The fourth-order valence-electron chi connectivity index (χ4n) is 1.03. The molecule has 0 fully saturated rings. The fourth-order valence-corrected chi connectivity index (χ4v) is 1.18. The molecule has 0 spiro atoms. The van der Waals surface area contributed by atoms with Crippen molar-refractivity contribution in [2.75, 3.05) is 25.0 Å². The predicted octanol–water partition coefficient (Wildman–Crippen LogP) is 0.394. The summed E-state index contributed by atoms with van der Waals surface area (Å²) in [7, 11) is 0. The van der Waals surface area contributed by atoms with Gasteiger partial charge in [-0.1, -0.05) is 6.92 Å². The highest BCUT2D eigenvalue weighted by atomic mass is 35.5. The first-order valence-corrected chi connectivity index (χ1v) is 5.81. The maximum absolute atomic E-state index is 10.4. The summed E-state index contributed by atoms with van der Waals surface area (Å²) in [6, 6.07) is -0.417. The summed E-state index contributed by atoms with van der Waals surface area (Å²) in [5.41, 5.74) is 4.91. The molecule has 0 aliphatic carbocycles. The maximum Gasteiger partial charge on any atom is 0.322 e. The van der Waals surface area contributed by atoms with Gasteiger partial charge in [-0.25, -0.2) is 4.79 Å². The Morgan fingerprint density at radius 2 is 2.17 bits per heavy atom. The van der Waals surface area contributed by atoms with Crippen LogP contribution in [0.15, 0.2) is 0 Å². The second kappa shape index (κ2) is 7.49. The average Bonchev–Trinajstić information content (AvgIpc) is 2.31. The second-order valence-electron chi connectivity index (χ2n) is 3.28. The molecule has 0 atom stereocenters. The van der Waals surface area contributed by atoms with Crippen LogP contribution in [0, 0.1) is 0 Å². The molecule has 18 heavy (non-hydrogen) atoms. The molecule has 0 aliphatic rings. The summed E-state index contributed by atoms with van der Waals surface area (Å²) >= 11 is 5.72. The summed E-state index contributed by atoms with van der Waals surface area (Å²) in [4.78, 5) is 22.1. The van der Waals surface area contributed by atoms with Crippen molar-refractivity contribution in [2.24, 2.45) is 5.73 Å². The lowest BCUT2D eigenvalue weighted by Gasteiger charge is -2.07. The van der Waals surface area contributed by atoms with Gasteiger partial charge in [0.25, 0.3) is 0 Å².